The normalized spacial score (nSPS) is 15.9. The van der Waals surface area contributed by atoms with Gasteiger partial charge in [-0.3, -0.25) is 4.55 Å². The van der Waals surface area contributed by atoms with Gasteiger partial charge in [-0.05, 0) is 22.6 Å². The molecule has 5 nitrogen and oxygen atoms in total. The molecule has 0 aliphatic heterocycles. The maximum Gasteiger partial charge on any atom is 0.330 e. The molecule has 0 saturated heterocycles. The Morgan fingerprint density at radius 1 is 1.77 bits per heavy atom. The van der Waals surface area contributed by atoms with Crippen LogP contribution < -0.4 is 0 Å². The highest BCUT2D eigenvalue weighted by Gasteiger charge is 2.42. The summed E-state index contributed by atoms with van der Waals surface area (Å²) in [6.45, 7) is 1.93. The fourth-order valence-corrected chi connectivity index (χ4v) is 0.652. The molecule has 0 aromatic carbocycles. The molecule has 0 rings (SSSR count). The van der Waals surface area contributed by atoms with Gasteiger partial charge in [0.2, 0.25) is 0 Å². The smallest absolute Gasteiger partial charge is 0.330 e. The number of hydrogen-bond donors (Lipinski definition) is 1. The van der Waals surface area contributed by atoms with E-state index in [9.17, 15) is 17.6 Å². The van der Waals surface area contributed by atoms with Crippen LogP contribution >= 0.6 is 22.6 Å². The summed E-state index contributed by atoms with van der Waals surface area (Å²) in [6, 6.07) is 0. The van der Waals surface area contributed by atoms with Crippen LogP contribution in [0.15, 0.2) is 12.7 Å². The Morgan fingerprint density at radius 3 is 2.54 bits per heavy atom. The molecule has 8 heteroatoms. The van der Waals surface area contributed by atoms with Gasteiger partial charge in [-0.25, -0.2) is 9.18 Å². The fraction of sp³-hybridized carbons (Fsp3) is 0.400. The fourth-order valence-electron chi connectivity index (χ4n) is 0.289. The lowest BCUT2D eigenvalue weighted by molar-refractivity contribution is -0.138. The SMILES string of the molecule is C=CC(=O)OCC(F)(I)S(=O)(=O)O. The molecule has 0 aromatic rings. The molecule has 1 atom stereocenters. The van der Waals surface area contributed by atoms with Gasteiger partial charge in [0.15, 0.2) is 6.61 Å². The van der Waals surface area contributed by atoms with E-state index >= 15 is 0 Å². The Labute approximate surface area is 87.8 Å². The molecule has 0 fully saturated rings. The summed E-state index contributed by atoms with van der Waals surface area (Å²) < 4.78 is 42.9. The molecule has 0 radical (unpaired) electrons. The molecule has 0 aromatic heterocycles. The van der Waals surface area contributed by atoms with Crippen molar-refractivity contribution < 1.29 is 26.9 Å². The number of alkyl halides is 2. The first kappa shape index (κ1) is 12.8. The maximum absolute atomic E-state index is 12.9. The van der Waals surface area contributed by atoms with Crippen LogP contribution in [0.2, 0.25) is 0 Å². The number of esters is 1. The van der Waals surface area contributed by atoms with Gasteiger partial charge in [-0.1, -0.05) is 6.58 Å². The number of carbonyl (C=O) groups is 1. The Morgan fingerprint density at radius 2 is 2.23 bits per heavy atom. The van der Waals surface area contributed by atoms with Crippen molar-refractivity contribution in [3.8, 4) is 0 Å². The second-order valence-electron chi connectivity index (χ2n) is 1.92. The van der Waals surface area contributed by atoms with Gasteiger partial charge < -0.3 is 4.74 Å². The van der Waals surface area contributed by atoms with Gasteiger partial charge in [0, 0.05) is 6.08 Å². The van der Waals surface area contributed by atoms with Crippen molar-refractivity contribution in [3.05, 3.63) is 12.7 Å². The second-order valence-corrected chi connectivity index (χ2v) is 5.96. The van der Waals surface area contributed by atoms with E-state index in [0.29, 0.717) is 0 Å². The summed E-state index contributed by atoms with van der Waals surface area (Å²) in [4.78, 5) is 10.4. The number of ether oxygens (including phenoxy) is 1. The molecule has 76 valence electrons. The van der Waals surface area contributed by atoms with E-state index in [1.807, 2.05) is 0 Å². The zero-order valence-corrected chi connectivity index (χ0v) is 9.21. The quantitative estimate of drug-likeness (QED) is 0.270. The lowest BCUT2D eigenvalue weighted by Gasteiger charge is -2.13. The average Bonchev–Trinajstić information content (AvgIpc) is 1.98. The molecule has 0 amide bonds. The number of hydrogen-bond acceptors (Lipinski definition) is 4. The predicted molar refractivity (Wildman–Crippen MR) is 50.6 cm³/mol. The molecule has 13 heavy (non-hydrogen) atoms. The van der Waals surface area contributed by atoms with Gasteiger partial charge in [0.25, 0.3) is 0 Å². The second kappa shape index (κ2) is 4.33. The van der Waals surface area contributed by atoms with Crippen molar-refractivity contribution in [2.24, 2.45) is 0 Å². The highest BCUT2D eigenvalue weighted by atomic mass is 127. The Hall–Kier alpha value is -0.220. The van der Waals surface area contributed by atoms with E-state index in [4.69, 9.17) is 4.55 Å². The third kappa shape index (κ3) is 4.00. The molecular formula is C5H6FIO5S. The minimum Gasteiger partial charge on any atom is -0.457 e. The van der Waals surface area contributed by atoms with Gasteiger partial charge in [-0.15, -0.1) is 0 Å². The van der Waals surface area contributed by atoms with Crippen molar-refractivity contribution >= 4 is 38.7 Å². The molecule has 1 N–H and O–H groups in total. The van der Waals surface area contributed by atoms with E-state index in [0.717, 1.165) is 28.7 Å². The third-order valence-corrected chi connectivity index (χ3v) is 3.78. The molecule has 0 heterocycles. The molecule has 0 bridgehead atoms. The molecule has 0 aliphatic carbocycles. The predicted octanol–water partition coefficient (Wildman–Crippen LogP) is 0.662. The minimum atomic E-state index is -4.90. The highest BCUT2D eigenvalue weighted by Crippen LogP contribution is 2.27. The van der Waals surface area contributed by atoms with E-state index in [1.165, 1.54) is 0 Å². The van der Waals surface area contributed by atoms with Crippen LogP contribution in [0.1, 0.15) is 0 Å². The Balaban J connectivity index is 4.37. The van der Waals surface area contributed by atoms with E-state index in [-0.39, 0.29) is 0 Å². The number of halogens is 2. The van der Waals surface area contributed by atoms with Crippen LogP contribution in [-0.4, -0.2) is 28.6 Å². The monoisotopic (exact) mass is 324 g/mol. The van der Waals surface area contributed by atoms with Crippen molar-refractivity contribution in [3.63, 3.8) is 0 Å². The number of carbonyl (C=O) groups excluding carboxylic acids is 1. The van der Waals surface area contributed by atoms with Crippen molar-refractivity contribution in [1.82, 2.24) is 0 Å². The van der Waals surface area contributed by atoms with Crippen LogP contribution in [0.3, 0.4) is 0 Å². The molecule has 0 spiro atoms. The standard InChI is InChI=1S/C5H6FIO5S/c1-2-4(8)12-3-5(6,7)13(9,10)11/h2H,1,3H2,(H,9,10,11). The largest absolute Gasteiger partial charge is 0.457 e. The first-order chi connectivity index (χ1) is 5.70. The minimum absolute atomic E-state index is 0.747. The summed E-state index contributed by atoms with van der Waals surface area (Å²) in [7, 11) is -4.90. The summed E-state index contributed by atoms with van der Waals surface area (Å²) in [5.41, 5.74) is 0. The highest BCUT2D eigenvalue weighted by molar-refractivity contribution is 14.1. The molecular weight excluding hydrogens is 318 g/mol. The summed E-state index contributed by atoms with van der Waals surface area (Å²) >= 11 is 0.816. The molecule has 0 saturated carbocycles. The third-order valence-electron chi connectivity index (χ3n) is 0.927. The lowest BCUT2D eigenvalue weighted by atomic mass is 10.6. The first-order valence-corrected chi connectivity index (χ1v) is 5.36. The maximum atomic E-state index is 12.9. The Kier molecular flexibility index (Phi) is 4.26. The van der Waals surface area contributed by atoms with Crippen LogP contribution in [0.25, 0.3) is 0 Å². The molecule has 1 unspecified atom stereocenters. The summed E-state index contributed by atoms with van der Waals surface area (Å²) in [5.74, 6) is -0.970. The van der Waals surface area contributed by atoms with E-state index in [2.05, 4.69) is 11.3 Å². The van der Waals surface area contributed by atoms with E-state index < -0.39 is 25.7 Å². The van der Waals surface area contributed by atoms with Crippen LogP contribution in [-0.2, 0) is 19.6 Å². The van der Waals surface area contributed by atoms with Gasteiger partial charge >= 0.3 is 19.1 Å². The zero-order valence-electron chi connectivity index (χ0n) is 6.24. The van der Waals surface area contributed by atoms with Gasteiger partial charge in [-0.2, -0.15) is 8.42 Å². The van der Waals surface area contributed by atoms with Gasteiger partial charge in [0.1, 0.15) is 0 Å². The van der Waals surface area contributed by atoms with Crippen LogP contribution in [0.5, 0.6) is 0 Å². The van der Waals surface area contributed by atoms with Crippen LogP contribution in [0.4, 0.5) is 4.39 Å². The van der Waals surface area contributed by atoms with Gasteiger partial charge in [0.05, 0.1) is 0 Å². The van der Waals surface area contributed by atoms with Crippen molar-refractivity contribution in [2.75, 3.05) is 6.61 Å². The van der Waals surface area contributed by atoms with E-state index in [1.54, 1.807) is 0 Å². The molecule has 0 aliphatic rings. The number of rotatable bonds is 4. The average molecular weight is 324 g/mol. The summed E-state index contributed by atoms with van der Waals surface area (Å²) in [5, 5.41) is 0. The van der Waals surface area contributed by atoms with Crippen LogP contribution in [0, 0.1) is 0 Å². The zero-order chi connectivity index (χ0) is 10.7. The van der Waals surface area contributed by atoms with Crippen molar-refractivity contribution in [2.45, 2.75) is 3.01 Å². The summed E-state index contributed by atoms with van der Waals surface area (Å²) in [6.07, 6.45) is 0.747. The lowest BCUT2D eigenvalue weighted by Crippen LogP contribution is -2.32. The van der Waals surface area contributed by atoms with Crippen molar-refractivity contribution in [1.29, 1.82) is 0 Å². The topological polar surface area (TPSA) is 80.7 Å². The first-order valence-electron chi connectivity index (χ1n) is 2.85. The Bertz CT molecular complexity index is 309.